The zero-order valence-corrected chi connectivity index (χ0v) is 9.72. The van der Waals surface area contributed by atoms with Crippen LogP contribution >= 0.6 is 0 Å². The lowest BCUT2D eigenvalue weighted by Gasteiger charge is -2.09. The van der Waals surface area contributed by atoms with Crippen molar-refractivity contribution < 1.29 is 4.39 Å². The second-order valence-electron chi connectivity index (χ2n) is 4.12. The van der Waals surface area contributed by atoms with E-state index in [0.29, 0.717) is 12.3 Å². The summed E-state index contributed by atoms with van der Waals surface area (Å²) in [4.78, 5) is 0. The summed E-state index contributed by atoms with van der Waals surface area (Å²) in [5, 5.41) is 0. The van der Waals surface area contributed by atoms with Gasteiger partial charge < -0.3 is 5.73 Å². The Morgan fingerprint density at radius 3 is 2.57 bits per heavy atom. The molecule has 0 bridgehead atoms. The smallest absolute Gasteiger partial charge is 0.0976 e. The molecule has 0 rings (SSSR count). The number of rotatable bonds is 7. The summed E-state index contributed by atoms with van der Waals surface area (Å²) in [7, 11) is 0. The second kappa shape index (κ2) is 7.98. The first-order chi connectivity index (χ1) is 6.60. The number of nitrogens with two attached hydrogens (primary N) is 1. The van der Waals surface area contributed by atoms with Crippen LogP contribution in [-0.2, 0) is 0 Å². The molecule has 0 aromatic rings. The third-order valence-electron chi connectivity index (χ3n) is 2.65. The summed E-state index contributed by atoms with van der Waals surface area (Å²) in [5.74, 6) is 0.591. The van der Waals surface area contributed by atoms with Crippen molar-refractivity contribution >= 4 is 0 Å². The Bertz CT molecular complexity index is 160. The van der Waals surface area contributed by atoms with Crippen LogP contribution < -0.4 is 5.73 Å². The van der Waals surface area contributed by atoms with Gasteiger partial charge in [-0.15, -0.1) is 0 Å². The second-order valence-corrected chi connectivity index (χ2v) is 4.12. The van der Waals surface area contributed by atoms with Gasteiger partial charge in [-0.25, -0.2) is 4.39 Å². The Labute approximate surface area is 87.6 Å². The topological polar surface area (TPSA) is 26.0 Å². The van der Waals surface area contributed by atoms with Gasteiger partial charge in [0.2, 0.25) is 0 Å². The molecule has 2 unspecified atom stereocenters. The van der Waals surface area contributed by atoms with Crippen LogP contribution in [0.25, 0.3) is 0 Å². The highest BCUT2D eigenvalue weighted by molar-refractivity contribution is 4.98. The highest BCUT2D eigenvalue weighted by Crippen LogP contribution is 2.13. The lowest BCUT2D eigenvalue weighted by Crippen LogP contribution is -2.12. The van der Waals surface area contributed by atoms with Gasteiger partial charge in [0, 0.05) is 0 Å². The maximum Gasteiger partial charge on any atom is 0.0976 e. The fourth-order valence-corrected chi connectivity index (χ4v) is 1.33. The largest absolute Gasteiger partial charge is 0.330 e. The molecule has 0 amide bonds. The number of allylic oxidation sites excluding steroid dienone is 2. The zero-order valence-electron chi connectivity index (χ0n) is 9.72. The van der Waals surface area contributed by atoms with Gasteiger partial charge in [-0.1, -0.05) is 25.0 Å². The number of hydrogen-bond acceptors (Lipinski definition) is 1. The molecular weight excluding hydrogens is 177 g/mol. The van der Waals surface area contributed by atoms with Crippen molar-refractivity contribution in [2.75, 3.05) is 6.54 Å². The molecule has 84 valence electrons. The molecule has 0 aliphatic heterocycles. The van der Waals surface area contributed by atoms with Gasteiger partial charge >= 0.3 is 0 Å². The minimum absolute atomic E-state index is 0.591. The summed E-state index contributed by atoms with van der Waals surface area (Å²) < 4.78 is 12.5. The van der Waals surface area contributed by atoms with Gasteiger partial charge in [0.15, 0.2) is 0 Å². The first-order valence-corrected chi connectivity index (χ1v) is 5.59. The van der Waals surface area contributed by atoms with Gasteiger partial charge in [-0.3, -0.25) is 0 Å². The van der Waals surface area contributed by atoms with Crippen LogP contribution in [0.1, 0.15) is 46.5 Å². The molecule has 0 radical (unpaired) electrons. The van der Waals surface area contributed by atoms with Crippen molar-refractivity contribution in [2.24, 2.45) is 11.7 Å². The molecule has 0 fully saturated rings. The fraction of sp³-hybridized carbons (Fsp3) is 0.833. The van der Waals surface area contributed by atoms with Crippen LogP contribution in [0.2, 0.25) is 0 Å². The van der Waals surface area contributed by atoms with Crippen LogP contribution in [0.3, 0.4) is 0 Å². The van der Waals surface area contributed by atoms with E-state index >= 15 is 0 Å². The van der Waals surface area contributed by atoms with Gasteiger partial charge in [0.25, 0.3) is 0 Å². The van der Waals surface area contributed by atoms with Crippen LogP contribution in [0.15, 0.2) is 11.6 Å². The maximum atomic E-state index is 12.5. The molecule has 14 heavy (non-hydrogen) atoms. The summed E-state index contributed by atoms with van der Waals surface area (Å²) in [6, 6.07) is 0. The van der Waals surface area contributed by atoms with Gasteiger partial charge in [-0.05, 0) is 45.6 Å². The monoisotopic (exact) mass is 201 g/mol. The number of halogens is 1. The summed E-state index contributed by atoms with van der Waals surface area (Å²) in [5.41, 5.74) is 6.90. The van der Waals surface area contributed by atoms with Gasteiger partial charge in [-0.2, -0.15) is 0 Å². The SMILES string of the molecule is CCC(CN)C/C=C(/C)CCC(C)F. The lowest BCUT2D eigenvalue weighted by molar-refractivity contribution is 0.341. The highest BCUT2D eigenvalue weighted by Gasteiger charge is 2.02. The van der Waals surface area contributed by atoms with E-state index in [0.717, 1.165) is 25.8 Å². The number of hydrogen-bond donors (Lipinski definition) is 1. The van der Waals surface area contributed by atoms with Crippen LogP contribution in [0.5, 0.6) is 0 Å². The van der Waals surface area contributed by atoms with Crippen molar-refractivity contribution in [3.63, 3.8) is 0 Å². The van der Waals surface area contributed by atoms with E-state index in [2.05, 4.69) is 19.9 Å². The molecule has 0 aliphatic carbocycles. The fourth-order valence-electron chi connectivity index (χ4n) is 1.33. The van der Waals surface area contributed by atoms with Crippen LogP contribution in [-0.4, -0.2) is 12.7 Å². The van der Waals surface area contributed by atoms with E-state index in [1.165, 1.54) is 5.57 Å². The molecule has 2 atom stereocenters. The lowest BCUT2D eigenvalue weighted by atomic mass is 10.00. The summed E-state index contributed by atoms with van der Waals surface area (Å²) >= 11 is 0. The first kappa shape index (κ1) is 13.6. The van der Waals surface area contributed by atoms with Crippen molar-refractivity contribution in [1.82, 2.24) is 0 Å². The Morgan fingerprint density at radius 1 is 1.50 bits per heavy atom. The van der Waals surface area contributed by atoms with Gasteiger partial charge in [0.05, 0.1) is 6.17 Å². The molecule has 0 spiro atoms. The quantitative estimate of drug-likeness (QED) is 0.627. The Balaban J connectivity index is 3.74. The van der Waals surface area contributed by atoms with Crippen LogP contribution in [0.4, 0.5) is 4.39 Å². The third kappa shape index (κ3) is 7.07. The minimum Gasteiger partial charge on any atom is -0.330 e. The molecule has 0 aromatic carbocycles. The highest BCUT2D eigenvalue weighted by atomic mass is 19.1. The van der Waals surface area contributed by atoms with E-state index in [-0.39, 0.29) is 0 Å². The molecule has 0 saturated heterocycles. The van der Waals surface area contributed by atoms with Crippen molar-refractivity contribution in [3.8, 4) is 0 Å². The molecule has 0 aliphatic rings. The normalized spacial score (nSPS) is 16.8. The Kier molecular flexibility index (Phi) is 7.77. The molecule has 2 heteroatoms. The van der Waals surface area contributed by atoms with Gasteiger partial charge in [0.1, 0.15) is 0 Å². The van der Waals surface area contributed by atoms with E-state index in [1.54, 1.807) is 6.92 Å². The molecule has 0 heterocycles. The maximum absolute atomic E-state index is 12.5. The minimum atomic E-state index is -0.685. The Hall–Kier alpha value is -0.370. The summed E-state index contributed by atoms with van der Waals surface area (Å²) in [6.45, 7) is 6.59. The van der Waals surface area contributed by atoms with Crippen molar-refractivity contribution in [1.29, 1.82) is 0 Å². The third-order valence-corrected chi connectivity index (χ3v) is 2.65. The average Bonchev–Trinajstić information content (AvgIpc) is 2.16. The summed E-state index contributed by atoms with van der Waals surface area (Å²) in [6.07, 6.45) is 5.21. The zero-order chi connectivity index (χ0) is 11.0. The predicted octanol–water partition coefficient (Wildman–Crippen LogP) is 3.45. The molecule has 0 aromatic heterocycles. The first-order valence-electron chi connectivity index (χ1n) is 5.59. The van der Waals surface area contributed by atoms with Crippen molar-refractivity contribution in [2.45, 2.75) is 52.6 Å². The van der Waals surface area contributed by atoms with E-state index in [9.17, 15) is 4.39 Å². The predicted molar refractivity (Wildman–Crippen MR) is 61.0 cm³/mol. The molecular formula is C12H24FN. The van der Waals surface area contributed by atoms with Crippen molar-refractivity contribution in [3.05, 3.63) is 11.6 Å². The van der Waals surface area contributed by atoms with E-state index in [4.69, 9.17) is 5.73 Å². The molecule has 1 nitrogen and oxygen atoms in total. The Morgan fingerprint density at radius 2 is 2.14 bits per heavy atom. The van der Waals surface area contributed by atoms with E-state index < -0.39 is 6.17 Å². The van der Waals surface area contributed by atoms with E-state index in [1.807, 2.05) is 0 Å². The molecule has 2 N–H and O–H groups in total. The standard InChI is InChI=1S/C12H24FN/c1-4-12(9-14)8-6-10(2)5-7-11(3)13/h6,11-12H,4-5,7-9,14H2,1-3H3/b10-6-. The molecule has 0 saturated carbocycles. The van der Waals surface area contributed by atoms with Crippen LogP contribution in [0, 0.1) is 5.92 Å². The number of alkyl halides is 1. The average molecular weight is 201 g/mol.